The summed E-state index contributed by atoms with van der Waals surface area (Å²) in [5, 5.41) is 7.83. The maximum Gasteiger partial charge on any atom is 0.0589 e. The number of hydrogen-bond acceptors (Lipinski definition) is 5. The van der Waals surface area contributed by atoms with Crippen LogP contribution in [0.5, 0.6) is 0 Å². The molecule has 0 amide bonds. The largest absolute Gasteiger partial charge is 0.383 e. The molecule has 1 heterocycles. The van der Waals surface area contributed by atoms with Crippen molar-refractivity contribution in [3.05, 3.63) is 22.4 Å². The van der Waals surface area contributed by atoms with Gasteiger partial charge >= 0.3 is 0 Å². The van der Waals surface area contributed by atoms with Gasteiger partial charge in [0.2, 0.25) is 0 Å². The molecule has 0 fully saturated rings. The average molecular weight is 286 g/mol. The van der Waals surface area contributed by atoms with E-state index in [0.717, 1.165) is 52.4 Å². The Labute approximate surface area is 120 Å². The van der Waals surface area contributed by atoms with Gasteiger partial charge < -0.3 is 14.8 Å². The smallest absolute Gasteiger partial charge is 0.0589 e. The summed E-state index contributed by atoms with van der Waals surface area (Å²) in [4.78, 5) is 2.37. The van der Waals surface area contributed by atoms with Gasteiger partial charge in [-0.05, 0) is 35.4 Å². The van der Waals surface area contributed by atoms with E-state index in [2.05, 4.69) is 27.0 Å². The molecule has 5 heteroatoms. The van der Waals surface area contributed by atoms with E-state index in [1.807, 2.05) is 0 Å². The summed E-state index contributed by atoms with van der Waals surface area (Å²) in [5.41, 5.74) is 1.42. The standard InChI is InChI=1S/C14H26N2O2S/c1-17-10-8-16(9-11-18-2)7-6-15-5-3-14-4-12-19-13-14/h4,12-13,15H,3,5-11H2,1-2H3. The van der Waals surface area contributed by atoms with Crippen LogP contribution in [-0.4, -0.2) is 65.1 Å². The average Bonchev–Trinajstić information content (AvgIpc) is 2.93. The molecule has 1 aromatic heterocycles. The number of nitrogens with zero attached hydrogens (tertiary/aromatic N) is 1. The van der Waals surface area contributed by atoms with Crippen LogP contribution >= 0.6 is 11.3 Å². The summed E-state index contributed by atoms with van der Waals surface area (Å²) in [6.45, 7) is 6.57. The molecule has 0 saturated carbocycles. The molecule has 1 N–H and O–H groups in total. The molecule has 0 aliphatic carbocycles. The molecule has 0 unspecified atom stereocenters. The lowest BCUT2D eigenvalue weighted by atomic mass is 10.2. The quantitative estimate of drug-likeness (QED) is 0.590. The zero-order chi connectivity index (χ0) is 13.8. The number of nitrogens with one attached hydrogen (secondary N) is 1. The fourth-order valence-electron chi connectivity index (χ4n) is 1.81. The van der Waals surface area contributed by atoms with E-state index in [9.17, 15) is 0 Å². The molecule has 0 saturated heterocycles. The van der Waals surface area contributed by atoms with Crippen LogP contribution in [0.25, 0.3) is 0 Å². The van der Waals surface area contributed by atoms with Crippen molar-refractivity contribution in [3.8, 4) is 0 Å². The highest BCUT2D eigenvalue weighted by atomic mass is 32.1. The summed E-state index contributed by atoms with van der Waals surface area (Å²) >= 11 is 1.76. The van der Waals surface area contributed by atoms with E-state index in [4.69, 9.17) is 9.47 Å². The van der Waals surface area contributed by atoms with Crippen molar-refractivity contribution < 1.29 is 9.47 Å². The fraction of sp³-hybridized carbons (Fsp3) is 0.714. The van der Waals surface area contributed by atoms with Crippen LogP contribution in [0.15, 0.2) is 16.8 Å². The van der Waals surface area contributed by atoms with Gasteiger partial charge in [0.15, 0.2) is 0 Å². The lowest BCUT2D eigenvalue weighted by Gasteiger charge is -2.21. The third kappa shape index (κ3) is 8.34. The molecule has 0 radical (unpaired) electrons. The zero-order valence-electron chi connectivity index (χ0n) is 12.1. The maximum absolute atomic E-state index is 5.13. The number of hydrogen-bond donors (Lipinski definition) is 1. The number of methoxy groups -OCH3 is 2. The van der Waals surface area contributed by atoms with Crippen LogP contribution in [0, 0.1) is 0 Å². The highest BCUT2D eigenvalue weighted by Crippen LogP contribution is 2.05. The van der Waals surface area contributed by atoms with Crippen LogP contribution in [-0.2, 0) is 15.9 Å². The minimum Gasteiger partial charge on any atom is -0.383 e. The SMILES string of the molecule is COCCN(CCNCCc1ccsc1)CCOC. The Morgan fingerprint density at radius 3 is 2.42 bits per heavy atom. The van der Waals surface area contributed by atoms with Gasteiger partial charge in [0, 0.05) is 40.4 Å². The van der Waals surface area contributed by atoms with Crippen molar-refractivity contribution >= 4 is 11.3 Å². The van der Waals surface area contributed by atoms with Gasteiger partial charge in [-0.1, -0.05) is 0 Å². The first-order chi connectivity index (χ1) is 9.36. The third-order valence-corrected chi connectivity index (χ3v) is 3.73. The van der Waals surface area contributed by atoms with Crippen LogP contribution in [0.2, 0.25) is 0 Å². The van der Waals surface area contributed by atoms with Crippen molar-refractivity contribution in [1.82, 2.24) is 10.2 Å². The van der Waals surface area contributed by atoms with Crippen LogP contribution in [0.4, 0.5) is 0 Å². The van der Waals surface area contributed by atoms with E-state index in [1.165, 1.54) is 5.56 Å². The van der Waals surface area contributed by atoms with Crippen molar-refractivity contribution in [1.29, 1.82) is 0 Å². The molecule has 0 atom stereocenters. The zero-order valence-corrected chi connectivity index (χ0v) is 12.9. The molecule has 19 heavy (non-hydrogen) atoms. The molecule has 4 nitrogen and oxygen atoms in total. The summed E-state index contributed by atoms with van der Waals surface area (Å²) in [6.07, 6.45) is 1.11. The van der Waals surface area contributed by atoms with Gasteiger partial charge in [-0.3, -0.25) is 4.90 Å². The molecule has 0 aliphatic heterocycles. The lowest BCUT2D eigenvalue weighted by Crippen LogP contribution is -2.37. The summed E-state index contributed by atoms with van der Waals surface area (Å²) in [5.74, 6) is 0. The Morgan fingerprint density at radius 2 is 1.84 bits per heavy atom. The second-order valence-electron chi connectivity index (χ2n) is 4.46. The van der Waals surface area contributed by atoms with Gasteiger partial charge in [-0.2, -0.15) is 11.3 Å². The van der Waals surface area contributed by atoms with Gasteiger partial charge in [-0.25, -0.2) is 0 Å². The first kappa shape index (κ1) is 16.6. The molecule has 0 aliphatic rings. The number of thiophene rings is 1. The molecule has 0 bridgehead atoms. The minimum absolute atomic E-state index is 0.776. The maximum atomic E-state index is 5.13. The van der Waals surface area contributed by atoms with Crippen molar-refractivity contribution in [2.45, 2.75) is 6.42 Å². The Hall–Kier alpha value is -0.460. The fourth-order valence-corrected chi connectivity index (χ4v) is 2.51. The van der Waals surface area contributed by atoms with E-state index in [0.29, 0.717) is 0 Å². The predicted molar refractivity (Wildman–Crippen MR) is 81.1 cm³/mol. The van der Waals surface area contributed by atoms with Gasteiger partial charge in [-0.15, -0.1) is 0 Å². The van der Waals surface area contributed by atoms with E-state index < -0.39 is 0 Å². The Kier molecular flexibility index (Phi) is 9.93. The lowest BCUT2D eigenvalue weighted by molar-refractivity contribution is 0.114. The highest BCUT2D eigenvalue weighted by molar-refractivity contribution is 7.07. The summed E-state index contributed by atoms with van der Waals surface area (Å²) in [7, 11) is 3.49. The molecular formula is C14H26N2O2S. The Balaban J connectivity index is 2.05. The second kappa shape index (κ2) is 11.4. The number of ether oxygens (including phenoxy) is 2. The van der Waals surface area contributed by atoms with Crippen LogP contribution in [0.1, 0.15) is 5.56 Å². The third-order valence-electron chi connectivity index (χ3n) is 3.00. The van der Waals surface area contributed by atoms with E-state index in [-0.39, 0.29) is 0 Å². The molecule has 1 rings (SSSR count). The number of rotatable bonds is 12. The van der Waals surface area contributed by atoms with Gasteiger partial charge in [0.05, 0.1) is 13.2 Å². The predicted octanol–water partition coefficient (Wildman–Crippen LogP) is 1.48. The molecule has 1 aromatic rings. The second-order valence-corrected chi connectivity index (χ2v) is 5.24. The minimum atomic E-state index is 0.776. The first-order valence-electron chi connectivity index (χ1n) is 6.79. The molecule has 110 valence electrons. The van der Waals surface area contributed by atoms with Crippen LogP contribution < -0.4 is 5.32 Å². The normalized spacial score (nSPS) is 11.3. The summed E-state index contributed by atoms with van der Waals surface area (Å²) < 4.78 is 10.3. The first-order valence-corrected chi connectivity index (χ1v) is 7.73. The van der Waals surface area contributed by atoms with Crippen molar-refractivity contribution in [2.24, 2.45) is 0 Å². The molecular weight excluding hydrogens is 260 g/mol. The van der Waals surface area contributed by atoms with Gasteiger partial charge in [0.25, 0.3) is 0 Å². The van der Waals surface area contributed by atoms with Crippen LogP contribution in [0.3, 0.4) is 0 Å². The topological polar surface area (TPSA) is 33.7 Å². The Morgan fingerprint density at radius 1 is 1.11 bits per heavy atom. The Bertz CT molecular complexity index is 286. The van der Waals surface area contributed by atoms with Crippen molar-refractivity contribution in [3.63, 3.8) is 0 Å². The molecule has 0 aromatic carbocycles. The monoisotopic (exact) mass is 286 g/mol. The molecule has 0 spiro atoms. The van der Waals surface area contributed by atoms with E-state index in [1.54, 1.807) is 25.6 Å². The van der Waals surface area contributed by atoms with Gasteiger partial charge in [0.1, 0.15) is 0 Å². The van der Waals surface area contributed by atoms with Crippen molar-refractivity contribution in [2.75, 3.05) is 60.2 Å². The van der Waals surface area contributed by atoms with E-state index >= 15 is 0 Å². The highest BCUT2D eigenvalue weighted by Gasteiger charge is 2.03. The summed E-state index contributed by atoms with van der Waals surface area (Å²) in [6, 6.07) is 2.19.